The Kier molecular flexibility index (Phi) is 9.17. The minimum atomic E-state index is -0.970. The number of aromatic nitrogens is 2. The van der Waals surface area contributed by atoms with Gasteiger partial charge in [-0.2, -0.15) is 0 Å². The normalized spacial score (nSPS) is 24.6. The van der Waals surface area contributed by atoms with Crippen LogP contribution >= 0.6 is 0 Å². The van der Waals surface area contributed by atoms with Crippen molar-refractivity contribution in [2.45, 2.75) is 56.2 Å². The van der Waals surface area contributed by atoms with Gasteiger partial charge in [0.1, 0.15) is 11.8 Å². The first kappa shape index (κ1) is 35.6. The summed E-state index contributed by atoms with van der Waals surface area (Å²) in [6, 6.07) is 13.8. The summed E-state index contributed by atoms with van der Waals surface area (Å²) in [7, 11) is 0. The summed E-state index contributed by atoms with van der Waals surface area (Å²) in [5, 5.41) is 36.6. The number of anilines is 3. The average Bonchev–Trinajstić information content (AvgIpc) is 3.43. The Morgan fingerprint density at radius 3 is 2.38 bits per heavy atom. The van der Waals surface area contributed by atoms with E-state index in [0.717, 1.165) is 107 Å². The number of hydrogen-bond acceptors (Lipinski definition) is 13. The Bertz CT molecular complexity index is 2030. The van der Waals surface area contributed by atoms with Gasteiger partial charge in [0.05, 0.1) is 34.2 Å². The molecule has 55 heavy (non-hydrogen) atoms. The van der Waals surface area contributed by atoms with Gasteiger partial charge in [-0.1, -0.05) is 12.1 Å². The molecule has 15 nitrogen and oxygen atoms in total. The van der Waals surface area contributed by atoms with E-state index >= 15 is 0 Å². The maximum atomic E-state index is 13.3. The summed E-state index contributed by atoms with van der Waals surface area (Å²) < 4.78 is 0. The summed E-state index contributed by atoms with van der Waals surface area (Å²) in [6.45, 7) is 8.36. The van der Waals surface area contributed by atoms with Crippen LogP contribution in [0.3, 0.4) is 0 Å². The molecule has 0 radical (unpaired) electrons. The molecular weight excluding hydrogens is 702 g/mol. The molecule has 6 aliphatic rings. The molecule has 2 atom stereocenters. The largest absolute Gasteiger partial charge is 0.507 e. The number of nitrogens with one attached hydrogen (secondary N) is 2. The molecule has 6 aliphatic heterocycles. The fourth-order valence-corrected chi connectivity index (χ4v) is 9.44. The topological polar surface area (TPSA) is 175 Å². The van der Waals surface area contributed by atoms with Gasteiger partial charge in [-0.05, 0) is 74.4 Å². The Labute approximate surface area is 319 Å². The maximum Gasteiger partial charge on any atom is 0.262 e. The van der Waals surface area contributed by atoms with Crippen molar-refractivity contribution in [2.75, 3.05) is 80.6 Å². The van der Waals surface area contributed by atoms with Crippen molar-refractivity contribution >= 4 is 40.8 Å². The van der Waals surface area contributed by atoms with Gasteiger partial charge in [0.2, 0.25) is 11.8 Å². The van der Waals surface area contributed by atoms with E-state index in [1.807, 2.05) is 24.3 Å². The van der Waals surface area contributed by atoms with Crippen LogP contribution in [0.15, 0.2) is 48.5 Å². The van der Waals surface area contributed by atoms with Crippen LogP contribution in [0.2, 0.25) is 0 Å². The van der Waals surface area contributed by atoms with Crippen molar-refractivity contribution in [1.29, 1.82) is 0 Å². The molecule has 2 aromatic carbocycles. The van der Waals surface area contributed by atoms with Crippen LogP contribution in [0.25, 0.3) is 11.3 Å². The molecular formula is C40H47N9O6. The van der Waals surface area contributed by atoms with E-state index in [-0.39, 0.29) is 30.5 Å². The highest BCUT2D eigenvalue weighted by Crippen LogP contribution is 2.37. The Hall–Kier alpha value is -5.12. The van der Waals surface area contributed by atoms with E-state index in [2.05, 4.69) is 40.4 Å². The van der Waals surface area contributed by atoms with Crippen molar-refractivity contribution in [1.82, 2.24) is 30.2 Å². The number of piperidine rings is 3. The molecule has 3 aromatic rings. The zero-order valence-electron chi connectivity index (χ0n) is 30.8. The second-order valence-electron chi connectivity index (χ2n) is 16.1. The number of phenols is 1. The first-order chi connectivity index (χ1) is 26.6. The fraction of sp³-hybridized carbons (Fsp3) is 0.500. The van der Waals surface area contributed by atoms with Gasteiger partial charge < -0.3 is 30.2 Å². The standard InChI is InChI=1S/C40H47N9O6/c50-34-4-2-1-3-29(34)31-20-33-36(44-43-31)41-21-27-23-46(17-18-48(27)33)24-40(55)11-15-45(16-12-40)22-25-9-13-47(14-10-25)26-5-6-28-30(19-26)39(54)49(38(28)53)32-7-8-35(51)42-37(32)52/h1-6,19-20,25,27,32,50,55H,7-18,21-24H2,(H,41,44)(H,42,51,52)/t27-,32?/m0/s1. The third-order valence-corrected chi connectivity index (χ3v) is 12.6. The number of carbonyl (C=O) groups is 4. The number of nitrogens with zero attached hydrogens (tertiary/aromatic N) is 7. The molecule has 1 aromatic heterocycles. The van der Waals surface area contributed by atoms with E-state index in [1.54, 1.807) is 24.3 Å². The lowest BCUT2D eigenvalue weighted by atomic mass is 9.88. The summed E-state index contributed by atoms with van der Waals surface area (Å²) in [4.78, 5) is 61.1. The number of benzene rings is 2. The van der Waals surface area contributed by atoms with Crippen molar-refractivity contribution in [3.8, 4) is 17.0 Å². The third kappa shape index (κ3) is 6.78. The molecule has 0 spiro atoms. The summed E-state index contributed by atoms with van der Waals surface area (Å²) >= 11 is 0. The summed E-state index contributed by atoms with van der Waals surface area (Å²) in [5.41, 5.74) is 3.09. The summed E-state index contributed by atoms with van der Waals surface area (Å²) in [5.74, 6) is -0.481. The predicted molar refractivity (Wildman–Crippen MR) is 204 cm³/mol. The maximum absolute atomic E-state index is 13.3. The number of aliphatic hydroxyl groups is 1. The lowest BCUT2D eigenvalue weighted by molar-refractivity contribution is -0.136. The number of likely N-dealkylation sites (tertiary alicyclic amines) is 1. The number of rotatable bonds is 7. The first-order valence-corrected chi connectivity index (χ1v) is 19.6. The van der Waals surface area contributed by atoms with Crippen LogP contribution < -0.4 is 20.4 Å². The van der Waals surface area contributed by atoms with Crippen LogP contribution in [-0.4, -0.2) is 142 Å². The van der Waals surface area contributed by atoms with Gasteiger partial charge >= 0.3 is 0 Å². The van der Waals surface area contributed by atoms with Crippen LogP contribution in [0.4, 0.5) is 17.2 Å². The van der Waals surface area contributed by atoms with Gasteiger partial charge in [0.15, 0.2) is 5.82 Å². The number of piperazine rings is 1. The fourth-order valence-electron chi connectivity index (χ4n) is 9.44. The molecule has 4 N–H and O–H groups in total. The first-order valence-electron chi connectivity index (χ1n) is 19.6. The molecule has 9 rings (SSSR count). The van der Waals surface area contributed by atoms with Crippen LogP contribution in [0.5, 0.6) is 5.75 Å². The lowest BCUT2D eigenvalue weighted by Crippen LogP contribution is -2.61. The van der Waals surface area contributed by atoms with E-state index in [1.165, 1.54) is 0 Å². The number of hydrogen-bond donors (Lipinski definition) is 4. The van der Waals surface area contributed by atoms with Crippen LogP contribution in [-0.2, 0) is 9.59 Å². The number of amides is 4. The Morgan fingerprint density at radius 2 is 1.60 bits per heavy atom. The number of aromatic hydroxyl groups is 1. The lowest BCUT2D eigenvalue weighted by Gasteiger charge is -2.48. The summed E-state index contributed by atoms with van der Waals surface area (Å²) in [6.07, 6.45) is 3.74. The van der Waals surface area contributed by atoms with Gasteiger partial charge in [0.25, 0.3) is 11.8 Å². The molecule has 4 saturated heterocycles. The van der Waals surface area contributed by atoms with E-state index < -0.39 is 29.4 Å². The molecule has 1 unspecified atom stereocenters. The second kappa shape index (κ2) is 14.2. The molecule has 0 aliphatic carbocycles. The van der Waals surface area contributed by atoms with Crippen molar-refractivity contribution in [3.63, 3.8) is 0 Å². The van der Waals surface area contributed by atoms with Crippen molar-refractivity contribution in [2.24, 2.45) is 5.92 Å². The second-order valence-corrected chi connectivity index (χ2v) is 16.1. The molecule has 7 heterocycles. The highest BCUT2D eigenvalue weighted by Gasteiger charge is 2.45. The zero-order chi connectivity index (χ0) is 37.8. The Morgan fingerprint density at radius 1 is 0.818 bits per heavy atom. The Balaban J connectivity index is 0.745. The highest BCUT2D eigenvalue weighted by atomic mass is 16.3. The monoisotopic (exact) mass is 749 g/mol. The molecule has 15 heteroatoms. The molecule has 4 amide bonds. The molecule has 288 valence electrons. The average molecular weight is 750 g/mol. The van der Waals surface area contributed by atoms with Crippen molar-refractivity contribution in [3.05, 3.63) is 59.7 Å². The molecule has 0 bridgehead atoms. The minimum Gasteiger partial charge on any atom is -0.507 e. The minimum absolute atomic E-state index is 0.0943. The van der Waals surface area contributed by atoms with Gasteiger partial charge in [-0.3, -0.25) is 34.3 Å². The number of para-hydroxylation sites is 1. The predicted octanol–water partition coefficient (Wildman–Crippen LogP) is 1.91. The quantitative estimate of drug-likeness (QED) is 0.258. The highest BCUT2D eigenvalue weighted by molar-refractivity contribution is 6.23. The number of imide groups is 2. The van der Waals surface area contributed by atoms with E-state index in [0.29, 0.717) is 34.8 Å². The number of phenolic OH excluding ortho intramolecular Hbond substituents is 1. The van der Waals surface area contributed by atoms with Gasteiger partial charge in [-0.15, -0.1) is 10.2 Å². The third-order valence-electron chi connectivity index (χ3n) is 12.6. The van der Waals surface area contributed by atoms with Gasteiger partial charge in [-0.25, -0.2) is 0 Å². The van der Waals surface area contributed by atoms with E-state index in [4.69, 9.17) is 0 Å². The number of β-amino-alcohol motifs (C(OH)–C–C–N with tert-alkyl or cyclic N) is 1. The molecule has 0 saturated carbocycles. The van der Waals surface area contributed by atoms with Crippen molar-refractivity contribution < 1.29 is 29.4 Å². The smallest absolute Gasteiger partial charge is 0.262 e. The van der Waals surface area contributed by atoms with Gasteiger partial charge in [0, 0.05) is 83.1 Å². The van der Waals surface area contributed by atoms with E-state index in [9.17, 15) is 29.4 Å². The number of carbonyl (C=O) groups excluding carboxylic acids is 4. The molecule has 4 fully saturated rings. The SMILES string of the molecule is O=C1CCC(N2C(=O)c3ccc(N4CCC(CN5CCC(O)(CN6CCN7c8cc(-c9ccccc9O)nnc8NC[C@H]7C6)CC5)CC4)cc3C2=O)C(=O)N1. The zero-order valence-corrected chi connectivity index (χ0v) is 30.8. The number of fused-ring (bicyclic) bond motifs is 4. The van der Waals surface area contributed by atoms with Crippen LogP contribution in [0, 0.1) is 5.92 Å². The van der Waals surface area contributed by atoms with Crippen LogP contribution in [0.1, 0.15) is 59.2 Å².